The third kappa shape index (κ3) is 4.15. The van der Waals surface area contributed by atoms with Gasteiger partial charge in [0, 0.05) is 12.2 Å². The SMILES string of the molecule is CCCCN(C(=O)Nc1c(Cl)cccc1Cl)c1ccccc1. The number of nitrogens with zero attached hydrogens (tertiary/aromatic N) is 1. The van der Waals surface area contributed by atoms with Crippen molar-refractivity contribution >= 4 is 40.6 Å². The molecule has 0 saturated heterocycles. The second kappa shape index (κ2) is 8.06. The molecule has 0 radical (unpaired) electrons. The lowest BCUT2D eigenvalue weighted by Crippen LogP contribution is -2.35. The summed E-state index contributed by atoms with van der Waals surface area (Å²) in [4.78, 5) is 14.3. The normalized spacial score (nSPS) is 10.3. The Kier molecular flexibility index (Phi) is 6.10. The van der Waals surface area contributed by atoms with E-state index in [1.54, 1.807) is 23.1 Å². The van der Waals surface area contributed by atoms with Crippen LogP contribution in [0.2, 0.25) is 10.0 Å². The lowest BCUT2D eigenvalue weighted by Gasteiger charge is -2.23. The number of hydrogen-bond donors (Lipinski definition) is 1. The molecule has 2 amide bonds. The predicted molar refractivity (Wildman–Crippen MR) is 94.2 cm³/mol. The molecule has 0 spiro atoms. The molecule has 0 aliphatic heterocycles. The van der Waals surface area contributed by atoms with Crippen LogP contribution in [0.3, 0.4) is 0 Å². The van der Waals surface area contributed by atoms with Gasteiger partial charge in [-0.2, -0.15) is 0 Å². The van der Waals surface area contributed by atoms with Crippen LogP contribution in [0.15, 0.2) is 48.5 Å². The first-order chi connectivity index (χ1) is 10.6. The third-order valence-corrected chi connectivity index (χ3v) is 3.87. The number of para-hydroxylation sites is 2. The number of benzene rings is 2. The van der Waals surface area contributed by atoms with Crippen LogP contribution in [0.1, 0.15) is 19.8 Å². The van der Waals surface area contributed by atoms with E-state index < -0.39 is 0 Å². The van der Waals surface area contributed by atoms with Crippen LogP contribution in [0, 0.1) is 0 Å². The Morgan fingerprint density at radius 2 is 1.68 bits per heavy atom. The number of anilines is 2. The highest BCUT2D eigenvalue weighted by atomic mass is 35.5. The third-order valence-electron chi connectivity index (χ3n) is 3.24. The molecule has 2 aromatic rings. The maximum absolute atomic E-state index is 12.6. The summed E-state index contributed by atoms with van der Waals surface area (Å²) in [5.74, 6) is 0. The van der Waals surface area contributed by atoms with E-state index in [-0.39, 0.29) is 6.03 Å². The Morgan fingerprint density at radius 3 is 2.27 bits per heavy atom. The molecule has 0 aliphatic rings. The highest BCUT2D eigenvalue weighted by molar-refractivity contribution is 6.39. The number of urea groups is 1. The van der Waals surface area contributed by atoms with E-state index >= 15 is 0 Å². The lowest BCUT2D eigenvalue weighted by molar-refractivity contribution is 0.257. The van der Waals surface area contributed by atoms with Crippen LogP contribution >= 0.6 is 23.2 Å². The van der Waals surface area contributed by atoms with Gasteiger partial charge in [0.15, 0.2) is 0 Å². The molecule has 116 valence electrons. The van der Waals surface area contributed by atoms with Crippen LogP contribution < -0.4 is 10.2 Å². The van der Waals surface area contributed by atoms with Crippen molar-refractivity contribution in [3.63, 3.8) is 0 Å². The predicted octanol–water partition coefficient (Wildman–Crippen LogP) is 5.83. The van der Waals surface area contributed by atoms with E-state index in [0.717, 1.165) is 18.5 Å². The van der Waals surface area contributed by atoms with E-state index in [9.17, 15) is 4.79 Å². The fourth-order valence-electron chi connectivity index (χ4n) is 2.06. The Labute approximate surface area is 140 Å². The number of hydrogen-bond acceptors (Lipinski definition) is 1. The van der Waals surface area contributed by atoms with Gasteiger partial charge in [-0.15, -0.1) is 0 Å². The van der Waals surface area contributed by atoms with Gasteiger partial charge in [-0.25, -0.2) is 4.79 Å². The minimum atomic E-state index is -0.241. The van der Waals surface area contributed by atoms with Crippen molar-refractivity contribution in [2.45, 2.75) is 19.8 Å². The van der Waals surface area contributed by atoms with Gasteiger partial charge in [-0.3, -0.25) is 4.90 Å². The lowest BCUT2D eigenvalue weighted by atomic mass is 10.2. The molecule has 0 aliphatic carbocycles. The van der Waals surface area contributed by atoms with Crippen molar-refractivity contribution in [1.29, 1.82) is 0 Å². The van der Waals surface area contributed by atoms with Gasteiger partial charge >= 0.3 is 6.03 Å². The molecule has 0 heterocycles. The molecule has 2 rings (SSSR count). The zero-order valence-corrected chi connectivity index (χ0v) is 13.9. The highest BCUT2D eigenvalue weighted by Gasteiger charge is 2.17. The molecule has 0 bridgehead atoms. The van der Waals surface area contributed by atoms with Gasteiger partial charge in [-0.1, -0.05) is 60.8 Å². The standard InChI is InChI=1S/C17H18Cl2N2O/c1-2-3-12-21(13-8-5-4-6-9-13)17(22)20-16-14(18)10-7-11-15(16)19/h4-11H,2-3,12H2,1H3,(H,20,22). The van der Waals surface area contributed by atoms with Gasteiger partial charge in [0.05, 0.1) is 15.7 Å². The van der Waals surface area contributed by atoms with E-state index in [1.165, 1.54) is 0 Å². The molecule has 5 heteroatoms. The first-order valence-electron chi connectivity index (χ1n) is 7.21. The molecule has 1 N–H and O–H groups in total. The summed E-state index contributed by atoms with van der Waals surface area (Å²) in [7, 11) is 0. The fraction of sp³-hybridized carbons (Fsp3) is 0.235. The first kappa shape index (κ1) is 16.7. The van der Waals surface area contributed by atoms with Gasteiger partial charge in [0.2, 0.25) is 0 Å². The van der Waals surface area contributed by atoms with Crippen LogP contribution in [-0.4, -0.2) is 12.6 Å². The largest absolute Gasteiger partial charge is 0.326 e. The van der Waals surface area contributed by atoms with E-state index in [1.807, 2.05) is 30.3 Å². The van der Waals surface area contributed by atoms with Crippen LogP contribution in [0.25, 0.3) is 0 Å². The maximum Gasteiger partial charge on any atom is 0.326 e. The number of carbonyl (C=O) groups excluding carboxylic acids is 1. The molecular weight excluding hydrogens is 319 g/mol. The van der Waals surface area contributed by atoms with Crippen molar-refractivity contribution in [2.75, 3.05) is 16.8 Å². The first-order valence-corrected chi connectivity index (χ1v) is 7.96. The van der Waals surface area contributed by atoms with Gasteiger partial charge in [0.25, 0.3) is 0 Å². The second-order valence-electron chi connectivity index (χ2n) is 4.87. The van der Waals surface area contributed by atoms with E-state index in [2.05, 4.69) is 12.2 Å². The Hall–Kier alpha value is -1.71. The van der Waals surface area contributed by atoms with Crippen LogP contribution in [-0.2, 0) is 0 Å². The van der Waals surface area contributed by atoms with Crippen molar-refractivity contribution in [2.24, 2.45) is 0 Å². The van der Waals surface area contributed by atoms with Gasteiger partial charge in [0.1, 0.15) is 0 Å². The van der Waals surface area contributed by atoms with Crippen molar-refractivity contribution in [3.8, 4) is 0 Å². The minimum absolute atomic E-state index is 0.241. The Morgan fingerprint density at radius 1 is 1.05 bits per heavy atom. The average Bonchev–Trinajstić information content (AvgIpc) is 2.52. The molecule has 0 atom stereocenters. The zero-order valence-electron chi connectivity index (χ0n) is 12.4. The molecule has 0 fully saturated rings. The van der Waals surface area contributed by atoms with Gasteiger partial charge < -0.3 is 5.32 Å². The van der Waals surface area contributed by atoms with Crippen molar-refractivity contribution < 1.29 is 4.79 Å². The summed E-state index contributed by atoms with van der Waals surface area (Å²) in [6.07, 6.45) is 1.92. The molecule has 0 unspecified atom stereocenters. The summed E-state index contributed by atoms with van der Waals surface area (Å²) in [5, 5.41) is 3.65. The zero-order chi connectivity index (χ0) is 15.9. The molecule has 22 heavy (non-hydrogen) atoms. The number of amides is 2. The Balaban J connectivity index is 2.22. The molecule has 0 saturated carbocycles. The quantitative estimate of drug-likeness (QED) is 0.731. The van der Waals surface area contributed by atoms with Crippen molar-refractivity contribution in [3.05, 3.63) is 58.6 Å². The minimum Gasteiger partial charge on any atom is -0.305 e. The Bertz CT molecular complexity index is 612. The summed E-state index contributed by atoms with van der Waals surface area (Å²) >= 11 is 12.2. The number of carbonyl (C=O) groups is 1. The van der Waals surface area contributed by atoms with Crippen molar-refractivity contribution in [1.82, 2.24) is 0 Å². The maximum atomic E-state index is 12.6. The number of unbranched alkanes of at least 4 members (excludes halogenated alkanes) is 1. The number of halogens is 2. The summed E-state index contributed by atoms with van der Waals surface area (Å²) in [5.41, 5.74) is 1.28. The van der Waals surface area contributed by atoms with Crippen LogP contribution in [0.4, 0.5) is 16.2 Å². The van der Waals surface area contributed by atoms with E-state index in [4.69, 9.17) is 23.2 Å². The van der Waals surface area contributed by atoms with Crippen LogP contribution in [0.5, 0.6) is 0 Å². The smallest absolute Gasteiger partial charge is 0.305 e. The molecule has 2 aromatic carbocycles. The number of nitrogens with one attached hydrogen (secondary N) is 1. The second-order valence-corrected chi connectivity index (χ2v) is 5.68. The fourth-order valence-corrected chi connectivity index (χ4v) is 2.56. The molecule has 3 nitrogen and oxygen atoms in total. The number of rotatable bonds is 5. The monoisotopic (exact) mass is 336 g/mol. The topological polar surface area (TPSA) is 32.3 Å². The summed E-state index contributed by atoms with van der Waals surface area (Å²) in [6.45, 7) is 2.72. The molecular formula is C17H18Cl2N2O. The molecule has 0 aromatic heterocycles. The van der Waals surface area contributed by atoms with E-state index in [0.29, 0.717) is 22.3 Å². The summed E-state index contributed by atoms with van der Waals surface area (Å²) in [6, 6.07) is 14.4. The summed E-state index contributed by atoms with van der Waals surface area (Å²) < 4.78 is 0. The highest BCUT2D eigenvalue weighted by Crippen LogP contribution is 2.30. The average molecular weight is 337 g/mol. The van der Waals surface area contributed by atoms with Gasteiger partial charge in [-0.05, 0) is 30.7 Å².